The highest BCUT2D eigenvalue weighted by molar-refractivity contribution is 7.89. The molecule has 1 fully saturated rings. The smallest absolute Gasteiger partial charge is 0.243 e. The monoisotopic (exact) mass is 364 g/mol. The number of hydrogen-bond donors (Lipinski definition) is 1. The second-order valence-electron chi connectivity index (χ2n) is 5.14. The van der Waals surface area contributed by atoms with Gasteiger partial charge in [0.2, 0.25) is 10.0 Å². The lowest BCUT2D eigenvalue weighted by atomic mass is 10.3. The summed E-state index contributed by atoms with van der Waals surface area (Å²) in [7, 11) is -3.53. The van der Waals surface area contributed by atoms with Crippen molar-refractivity contribution in [2.24, 2.45) is 0 Å². The Hall–Kier alpha value is -1.02. The zero-order valence-electron chi connectivity index (χ0n) is 13.7. The molecule has 1 N–H and O–H groups in total. The summed E-state index contributed by atoms with van der Waals surface area (Å²) in [6.45, 7) is 8.39. The molecular weight excluding hydrogens is 340 g/mol. The summed E-state index contributed by atoms with van der Waals surface area (Å²) in [5.41, 5.74) is 0. The Morgan fingerprint density at radius 3 is 2.48 bits per heavy atom. The minimum atomic E-state index is -3.53. The van der Waals surface area contributed by atoms with Crippen LogP contribution < -0.4 is 14.8 Å². The molecule has 0 radical (unpaired) electrons. The topological polar surface area (TPSA) is 67.9 Å². The standard InChI is InChI=1S/C15H24N2O4S.ClH/c1-4-20-14-7-6-13(10-15(14)21-5-2)22(18,19)17-9-8-16-11-12(17)3;/h6-7,10,12,16H,4-5,8-9,11H2,1-3H3;1H/t12-;/m1./s1. The fourth-order valence-electron chi connectivity index (χ4n) is 2.51. The molecule has 1 aliphatic rings. The highest BCUT2D eigenvalue weighted by Crippen LogP contribution is 2.32. The Labute approximate surface area is 144 Å². The van der Waals surface area contributed by atoms with E-state index in [0.29, 0.717) is 44.3 Å². The summed E-state index contributed by atoms with van der Waals surface area (Å²) in [4.78, 5) is 0.244. The lowest BCUT2D eigenvalue weighted by molar-refractivity contribution is 0.281. The van der Waals surface area contributed by atoms with Crippen LogP contribution in [0.3, 0.4) is 0 Å². The van der Waals surface area contributed by atoms with E-state index in [4.69, 9.17) is 9.47 Å². The number of hydrogen-bond acceptors (Lipinski definition) is 5. The second-order valence-corrected chi connectivity index (χ2v) is 7.03. The Kier molecular flexibility index (Phi) is 7.60. The molecule has 132 valence electrons. The molecule has 1 saturated heterocycles. The molecule has 1 aromatic carbocycles. The molecule has 6 nitrogen and oxygen atoms in total. The van der Waals surface area contributed by atoms with Crippen LogP contribution in [-0.4, -0.2) is 51.6 Å². The Morgan fingerprint density at radius 1 is 1.22 bits per heavy atom. The Morgan fingerprint density at radius 2 is 1.87 bits per heavy atom. The van der Waals surface area contributed by atoms with E-state index in [1.165, 1.54) is 4.31 Å². The highest BCUT2D eigenvalue weighted by atomic mass is 35.5. The van der Waals surface area contributed by atoms with E-state index in [2.05, 4.69) is 5.32 Å². The van der Waals surface area contributed by atoms with Gasteiger partial charge >= 0.3 is 0 Å². The van der Waals surface area contributed by atoms with Gasteiger partial charge < -0.3 is 14.8 Å². The van der Waals surface area contributed by atoms with E-state index in [1.54, 1.807) is 18.2 Å². The predicted octanol–water partition coefficient (Wildman–Crippen LogP) is 1.89. The van der Waals surface area contributed by atoms with E-state index < -0.39 is 10.0 Å². The molecule has 0 bridgehead atoms. The zero-order chi connectivity index (χ0) is 16.2. The summed E-state index contributed by atoms with van der Waals surface area (Å²) in [5, 5.41) is 3.19. The van der Waals surface area contributed by atoms with Gasteiger partial charge in [0.05, 0.1) is 18.1 Å². The number of rotatable bonds is 6. The van der Waals surface area contributed by atoms with Gasteiger partial charge in [-0.1, -0.05) is 0 Å². The van der Waals surface area contributed by atoms with Crippen molar-refractivity contribution >= 4 is 22.4 Å². The molecule has 1 atom stereocenters. The number of nitrogens with zero attached hydrogens (tertiary/aromatic N) is 1. The quantitative estimate of drug-likeness (QED) is 0.834. The molecule has 0 spiro atoms. The summed E-state index contributed by atoms with van der Waals surface area (Å²) in [6.07, 6.45) is 0. The van der Waals surface area contributed by atoms with Crippen LogP contribution in [0.15, 0.2) is 23.1 Å². The minimum Gasteiger partial charge on any atom is -0.490 e. The molecule has 0 saturated carbocycles. The van der Waals surface area contributed by atoms with Crippen molar-refractivity contribution in [1.82, 2.24) is 9.62 Å². The third-order valence-electron chi connectivity index (χ3n) is 3.56. The number of benzene rings is 1. The summed E-state index contributed by atoms with van der Waals surface area (Å²) in [6, 6.07) is 4.73. The van der Waals surface area contributed by atoms with Gasteiger partial charge in [0.1, 0.15) is 0 Å². The molecule has 0 amide bonds. The van der Waals surface area contributed by atoms with Crippen LogP contribution in [0.2, 0.25) is 0 Å². The molecule has 8 heteroatoms. The first-order chi connectivity index (χ1) is 10.5. The fourth-order valence-corrected chi connectivity index (χ4v) is 4.15. The molecule has 1 heterocycles. The van der Waals surface area contributed by atoms with Gasteiger partial charge in [0.25, 0.3) is 0 Å². The van der Waals surface area contributed by atoms with Gasteiger partial charge in [-0.3, -0.25) is 0 Å². The first kappa shape index (κ1) is 20.0. The molecule has 0 aliphatic carbocycles. The van der Waals surface area contributed by atoms with Gasteiger partial charge in [-0.15, -0.1) is 12.4 Å². The van der Waals surface area contributed by atoms with Crippen LogP contribution in [0.4, 0.5) is 0 Å². The molecule has 23 heavy (non-hydrogen) atoms. The van der Waals surface area contributed by atoms with E-state index in [9.17, 15) is 8.42 Å². The van der Waals surface area contributed by atoms with Crippen LogP contribution in [0, 0.1) is 0 Å². The molecule has 0 unspecified atom stereocenters. The van der Waals surface area contributed by atoms with Crippen LogP contribution in [-0.2, 0) is 10.0 Å². The molecule has 1 aromatic rings. The summed E-state index contributed by atoms with van der Waals surface area (Å²) >= 11 is 0. The van der Waals surface area contributed by atoms with Crippen molar-refractivity contribution in [2.75, 3.05) is 32.8 Å². The maximum absolute atomic E-state index is 12.8. The van der Waals surface area contributed by atoms with Crippen molar-refractivity contribution in [3.63, 3.8) is 0 Å². The van der Waals surface area contributed by atoms with Gasteiger partial charge in [0, 0.05) is 31.7 Å². The third-order valence-corrected chi connectivity index (χ3v) is 5.57. The first-order valence-electron chi connectivity index (χ1n) is 7.63. The number of nitrogens with one attached hydrogen (secondary N) is 1. The minimum absolute atomic E-state index is 0. The lowest BCUT2D eigenvalue weighted by Gasteiger charge is -2.32. The predicted molar refractivity (Wildman–Crippen MR) is 92.3 cm³/mol. The SMILES string of the molecule is CCOc1ccc(S(=O)(=O)N2CCNC[C@H]2C)cc1OCC.Cl. The van der Waals surface area contributed by atoms with Gasteiger partial charge in [-0.05, 0) is 32.9 Å². The number of sulfonamides is 1. The first-order valence-corrected chi connectivity index (χ1v) is 9.07. The van der Waals surface area contributed by atoms with Crippen molar-refractivity contribution < 1.29 is 17.9 Å². The maximum Gasteiger partial charge on any atom is 0.243 e. The van der Waals surface area contributed by atoms with Gasteiger partial charge in [0.15, 0.2) is 11.5 Å². The zero-order valence-corrected chi connectivity index (χ0v) is 15.4. The third kappa shape index (κ3) is 4.50. The molecular formula is C15H25ClN2O4S. The van der Waals surface area contributed by atoms with Crippen LogP contribution in [0.25, 0.3) is 0 Å². The molecule has 2 rings (SSSR count). The van der Waals surface area contributed by atoms with Crippen molar-refractivity contribution in [1.29, 1.82) is 0 Å². The largest absolute Gasteiger partial charge is 0.490 e. The van der Waals surface area contributed by atoms with Gasteiger partial charge in [-0.2, -0.15) is 4.31 Å². The number of ether oxygens (including phenoxy) is 2. The van der Waals surface area contributed by atoms with E-state index >= 15 is 0 Å². The number of piperazine rings is 1. The number of halogens is 1. The Bertz CT molecular complexity index is 609. The van der Waals surface area contributed by atoms with Gasteiger partial charge in [-0.25, -0.2) is 8.42 Å². The van der Waals surface area contributed by atoms with Crippen molar-refractivity contribution in [2.45, 2.75) is 31.7 Å². The van der Waals surface area contributed by atoms with E-state index in [-0.39, 0.29) is 23.3 Å². The Balaban J connectivity index is 0.00000264. The lowest BCUT2D eigenvalue weighted by Crippen LogP contribution is -2.52. The summed E-state index contributed by atoms with van der Waals surface area (Å²) in [5.74, 6) is 1.03. The average Bonchev–Trinajstić information content (AvgIpc) is 2.49. The molecule has 0 aromatic heterocycles. The van der Waals surface area contributed by atoms with E-state index in [0.717, 1.165) is 0 Å². The van der Waals surface area contributed by atoms with Crippen LogP contribution >= 0.6 is 12.4 Å². The fraction of sp³-hybridized carbons (Fsp3) is 0.600. The highest BCUT2D eigenvalue weighted by Gasteiger charge is 2.31. The average molecular weight is 365 g/mol. The van der Waals surface area contributed by atoms with Crippen molar-refractivity contribution in [3.05, 3.63) is 18.2 Å². The van der Waals surface area contributed by atoms with E-state index in [1.807, 2.05) is 20.8 Å². The van der Waals surface area contributed by atoms with Crippen LogP contribution in [0.5, 0.6) is 11.5 Å². The van der Waals surface area contributed by atoms with Crippen molar-refractivity contribution in [3.8, 4) is 11.5 Å². The molecule has 1 aliphatic heterocycles. The van der Waals surface area contributed by atoms with Crippen LogP contribution in [0.1, 0.15) is 20.8 Å². The summed E-state index contributed by atoms with van der Waals surface area (Å²) < 4.78 is 38.2. The normalized spacial score (nSPS) is 19.0. The second kappa shape index (κ2) is 8.73. The maximum atomic E-state index is 12.8.